The first kappa shape index (κ1) is 15.6. The molecule has 4 nitrogen and oxygen atoms in total. The van der Waals surface area contributed by atoms with Crippen LogP contribution in [0.1, 0.15) is 36.7 Å². The highest BCUT2D eigenvalue weighted by Crippen LogP contribution is 2.31. The van der Waals surface area contributed by atoms with Crippen molar-refractivity contribution in [1.29, 1.82) is 0 Å². The first-order chi connectivity index (χ1) is 9.92. The monoisotopic (exact) mass is 305 g/mol. The quantitative estimate of drug-likeness (QED) is 0.889. The number of rotatable bonds is 4. The molecule has 112 valence electrons. The number of halogens is 1. The Morgan fingerprint density at radius 2 is 1.90 bits per heavy atom. The molecule has 2 rings (SSSR count). The summed E-state index contributed by atoms with van der Waals surface area (Å²) in [5.74, 6) is 3.09. The fraction of sp³-hybridized carbons (Fsp3) is 0.375. The summed E-state index contributed by atoms with van der Waals surface area (Å²) >= 11 is 5.97. The van der Waals surface area contributed by atoms with Gasteiger partial charge in [0.2, 0.25) is 5.88 Å². The third-order valence-electron chi connectivity index (χ3n) is 3.22. The average Bonchev–Trinajstić information content (AvgIpc) is 2.43. The van der Waals surface area contributed by atoms with E-state index in [1.54, 1.807) is 0 Å². The van der Waals surface area contributed by atoms with Crippen LogP contribution in [-0.2, 0) is 0 Å². The minimum absolute atomic E-state index is 0.228. The molecule has 2 aromatic rings. The summed E-state index contributed by atoms with van der Waals surface area (Å²) in [6.45, 7) is 8.01. The minimum atomic E-state index is 0.228. The second-order valence-electron chi connectivity index (χ2n) is 5.28. The molecule has 0 fully saturated rings. The van der Waals surface area contributed by atoms with Crippen LogP contribution < -0.4 is 10.1 Å². The lowest BCUT2D eigenvalue weighted by molar-refractivity contribution is 0.450. The van der Waals surface area contributed by atoms with Gasteiger partial charge in [-0.1, -0.05) is 25.4 Å². The molecule has 1 aromatic heterocycles. The summed E-state index contributed by atoms with van der Waals surface area (Å²) in [5.41, 5.74) is 1.86. The second-order valence-corrected chi connectivity index (χ2v) is 5.71. The Balaban J connectivity index is 2.45. The van der Waals surface area contributed by atoms with Gasteiger partial charge in [0, 0.05) is 18.0 Å². The first-order valence-electron chi connectivity index (χ1n) is 6.92. The van der Waals surface area contributed by atoms with Gasteiger partial charge in [-0.15, -0.1) is 0 Å². The molecule has 0 aliphatic carbocycles. The number of nitrogens with zero attached hydrogens (tertiary/aromatic N) is 2. The van der Waals surface area contributed by atoms with Crippen LogP contribution in [0.5, 0.6) is 11.6 Å². The Kier molecular flexibility index (Phi) is 4.68. The largest absolute Gasteiger partial charge is 0.438 e. The molecule has 5 heteroatoms. The van der Waals surface area contributed by atoms with Gasteiger partial charge in [0.15, 0.2) is 0 Å². The minimum Gasteiger partial charge on any atom is -0.438 e. The molecular formula is C16H20ClN3O. The summed E-state index contributed by atoms with van der Waals surface area (Å²) in [4.78, 5) is 9.04. The fourth-order valence-electron chi connectivity index (χ4n) is 1.95. The lowest BCUT2D eigenvalue weighted by atomic mass is 10.2. The summed E-state index contributed by atoms with van der Waals surface area (Å²) in [7, 11) is 1.84. The average molecular weight is 306 g/mol. The molecule has 0 aliphatic heterocycles. The zero-order valence-corrected chi connectivity index (χ0v) is 13.7. The van der Waals surface area contributed by atoms with Gasteiger partial charge in [0.25, 0.3) is 0 Å². The van der Waals surface area contributed by atoms with E-state index in [0.717, 1.165) is 28.5 Å². The van der Waals surface area contributed by atoms with Crippen molar-refractivity contribution in [2.24, 2.45) is 0 Å². The predicted molar refractivity (Wildman–Crippen MR) is 86.7 cm³/mol. The predicted octanol–water partition coefficient (Wildman–Crippen LogP) is 4.70. The van der Waals surface area contributed by atoms with Crippen molar-refractivity contribution in [3.05, 3.63) is 40.2 Å². The van der Waals surface area contributed by atoms with Crippen LogP contribution in [-0.4, -0.2) is 17.0 Å². The summed E-state index contributed by atoms with van der Waals surface area (Å²) in [6.07, 6.45) is 0. The van der Waals surface area contributed by atoms with E-state index in [1.165, 1.54) is 0 Å². The molecule has 0 bridgehead atoms. The molecule has 0 spiro atoms. The van der Waals surface area contributed by atoms with Crippen molar-refractivity contribution < 1.29 is 4.74 Å². The summed E-state index contributed by atoms with van der Waals surface area (Å²) in [5, 5.41) is 3.78. The second kappa shape index (κ2) is 6.31. The first-order valence-corrected chi connectivity index (χ1v) is 7.30. The topological polar surface area (TPSA) is 47.0 Å². The van der Waals surface area contributed by atoms with E-state index in [1.807, 2.05) is 39.1 Å². The van der Waals surface area contributed by atoms with Gasteiger partial charge in [-0.2, -0.15) is 4.98 Å². The standard InChI is InChI=1S/C16H20ClN3O/c1-9(2)14-19-15(18-5)11(4)16(20-14)21-13-7-6-12(17)8-10(13)3/h6-9H,1-5H3,(H,18,19,20). The molecule has 0 saturated heterocycles. The summed E-state index contributed by atoms with van der Waals surface area (Å²) in [6, 6.07) is 5.53. The molecule has 21 heavy (non-hydrogen) atoms. The van der Waals surface area contributed by atoms with E-state index < -0.39 is 0 Å². The van der Waals surface area contributed by atoms with Crippen LogP contribution in [0.3, 0.4) is 0 Å². The van der Waals surface area contributed by atoms with Crippen molar-refractivity contribution in [2.75, 3.05) is 12.4 Å². The Bertz CT molecular complexity index is 656. The van der Waals surface area contributed by atoms with Crippen LogP contribution in [0.4, 0.5) is 5.82 Å². The Hall–Kier alpha value is -1.81. The van der Waals surface area contributed by atoms with E-state index in [-0.39, 0.29) is 5.92 Å². The molecule has 0 radical (unpaired) electrons. The van der Waals surface area contributed by atoms with Crippen LogP contribution in [0.25, 0.3) is 0 Å². The van der Waals surface area contributed by atoms with Crippen LogP contribution in [0.15, 0.2) is 18.2 Å². The third kappa shape index (κ3) is 3.45. The Labute approximate surface area is 130 Å². The van der Waals surface area contributed by atoms with Gasteiger partial charge in [-0.05, 0) is 37.6 Å². The number of aryl methyl sites for hydroxylation is 1. The maximum absolute atomic E-state index is 5.98. The van der Waals surface area contributed by atoms with Gasteiger partial charge in [-0.3, -0.25) is 0 Å². The highest BCUT2D eigenvalue weighted by atomic mass is 35.5. The van der Waals surface area contributed by atoms with E-state index in [2.05, 4.69) is 29.1 Å². The number of aromatic nitrogens is 2. The third-order valence-corrected chi connectivity index (χ3v) is 3.45. The van der Waals surface area contributed by atoms with Crippen molar-refractivity contribution in [3.63, 3.8) is 0 Å². The normalized spacial score (nSPS) is 10.8. The number of anilines is 1. The highest BCUT2D eigenvalue weighted by Gasteiger charge is 2.15. The smallest absolute Gasteiger partial charge is 0.227 e. The lowest BCUT2D eigenvalue weighted by Gasteiger charge is -2.15. The fourth-order valence-corrected chi connectivity index (χ4v) is 2.17. The van der Waals surface area contributed by atoms with Gasteiger partial charge >= 0.3 is 0 Å². The maximum Gasteiger partial charge on any atom is 0.227 e. The number of benzene rings is 1. The number of hydrogen-bond donors (Lipinski definition) is 1. The Morgan fingerprint density at radius 3 is 2.48 bits per heavy atom. The highest BCUT2D eigenvalue weighted by molar-refractivity contribution is 6.30. The summed E-state index contributed by atoms with van der Waals surface area (Å²) < 4.78 is 5.98. The molecule has 1 N–H and O–H groups in total. The molecule has 0 atom stereocenters. The number of nitrogens with one attached hydrogen (secondary N) is 1. The molecule has 0 saturated carbocycles. The van der Waals surface area contributed by atoms with Gasteiger partial charge in [0.1, 0.15) is 17.4 Å². The van der Waals surface area contributed by atoms with Gasteiger partial charge in [0.05, 0.1) is 5.56 Å². The van der Waals surface area contributed by atoms with Crippen LogP contribution in [0.2, 0.25) is 5.02 Å². The van der Waals surface area contributed by atoms with Crippen molar-refractivity contribution in [3.8, 4) is 11.6 Å². The molecular weight excluding hydrogens is 286 g/mol. The van der Waals surface area contributed by atoms with E-state index in [0.29, 0.717) is 10.9 Å². The molecule has 0 amide bonds. The molecule has 1 aromatic carbocycles. The van der Waals surface area contributed by atoms with Crippen molar-refractivity contribution >= 4 is 17.4 Å². The van der Waals surface area contributed by atoms with Gasteiger partial charge < -0.3 is 10.1 Å². The van der Waals surface area contributed by atoms with E-state index >= 15 is 0 Å². The number of hydrogen-bond acceptors (Lipinski definition) is 4. The van der Waals surface area contributed by atoms with E-state index in [4.69, 9.17) is 16.3 Å². The van der Waals surface area contributed by atoms with Crippen LogP contribution in [0, 0.1) is 13.8 Å². The van der Waals surface area contributed by atoms with Crippen molar-refractivity contribution in [2.45, 2.75) is 33.6 Å². The lowest BCUT2D eigenvalue weighted by Crippen LogP contribution is -2.06. The zero-order valence-electron chi connectivity index (χ0n) is 13.0. The van der Waals surface area contributed by atoms with Crippen LogP contribution >= 0.6 is 11.6 Å². The molecule has 1 heterocycles. The maximum atomic E-state index is 5.98. The SMILES string of the molecule is CNc1nc(C(C)C)nc(Oc2ccc(Cl)cc2C)c1C. The van der Waals surface area contributed by atoms with Crippen molar-refractivity contribution in [1.82, 2.24) is 9.97 Å². The van der Waals surface area contributed by atoms with Gasteiger partial charge in [-0.25, -0.2) is 4.98 Å². The molecule has 0 aliphatic rings. The molecule has 0 unspecified atom stereocenters. The van der Waals surface area contributed by atoms with E-state index in [9.17, 15) is 0 Å². The Morgan fingerprint density at radius 1 is 1.19 bits per heavy atom. The zero-order chi connectivity index (χ0) is 15.6. The number of ether oxygens (including phenoxy) is 1.